The SMILES string of the molecule is COc1ccc2cc(C(=O)c3cc4ccc(OC)cc4oc3=O)c(=O)oc2c1. The molecule has 0 spiro atoms. The van der Waals surface area contributed by atoms with E-state index in [4.69, 9.17) is 18.3 Å². The van der Waals surface area contributed by atoms with Crippen LogP contribution < -0.4 is 20.7 Å². The quantitative estimate of drug-likeness (QED) is 0.397. The van der Waals surface area contributed by atoms with Gasteiger partial charge in [0.15, 0.2) is 0 Å². The minimum Gasteiger partial charge on any atom is -0.497 e. The van der Waals surface area contributed by atoms with Crippen LogP contribution in [0, 0.1) is 0 Å². The van der Waals surface area contributed by atoms with Crippen LogP contribution in [0.2, 0.25) is 0 Å². The molecule has 7 heteroatoms. The summed E-state index contributed by atoms with van der Waals surface area (Å²) in [4.78, 5) is 37.5. The van der Waals surface area contributed by atoms with Crippen LogP contribution in [0.3, 0.4) is 0 Å². The molecule has 28 heavy (non-hydrogen) atoms. The molecule has 0 aliphatic rings. The summed E-state index contributed by atoms with van der Waals surface area (Å²) < 4.78 is 20.6. The largest absolute Gasteiger partial charge is 0.497 e. The van der Waals surface area contributed by atoms with Gasteiger partial charge in [-0.3, -0.25) is 4.79 Å². The summed E-state index contributed by atoms with van der Waals surface area (Å²) in [5.41, 5.74) is -1.65. The minimum absolute atomic E-state index is 0.252. The number of ketones is 1. The molecular formula is C21H14O7. The molecule has 2 heterocycles. The molecule has 0 amide bonds. The van der Waals surface area contributed by atoms with Crippen molar-refractivity contribution in [3.05, 3.63) is 80.5 Å². The van der Waals surface area contributed by atoms with Crippen molar-refractivity contribution < 1.29 is 23.1 Å². The molecule has 0 N–H and O–H groups in total. The summed E-state index contributed by atoms with van der Waals surface area (Å²) in [5.74, 6) is 0.263. The van der Waals surface area contributed by atoms with Gasteiger partial charge < -0.3 is 18.3 Å². The summed E-state index contributed by atoms with van der Waals surface area (Å²) >= 11 is 0. The van der Waals surface area contributed by atoms with E-state index in [-0.39, 0.29) is 22.3 Å². The number of fused-ring (bicyclic) bond motifs is 2. The maximum Gasteiger partial charge on any atom is 0.347 e. The van der Waals surface area contributed by atoms with Gasteiger partial charge in [0.1, 0.15) is 33.8 Å². The van der Waals surface area contributed by atoms with Crippen molar-refractivity contribution >= 4 is 27.7 Å². The van der Waals surface area contributed by atoms with Crippen molar-refractivity contribution in [3.63, 3.8) is 0 Å². The molecule has 0 radical (unpaired) electrons. The monoisotopic (exact) mass is 378 g/mol. The molecule has 0 unspecified atom stereocenters. The van der Waals surface area contributed by atoms with Gasteiger partial charge in [0.25, 0.3) is 0 Å². The topological polar surface area (TPSA) is 96.0 Å². The molecule has 0 aliphatic heterocycles. The van der Waals surface area contributed by atoms with Crippen molar-refractivity contribution in [1.82, 2.24) is 0 Å². The van der Waals surface area contributed by atoms with Gasteiger partial charge in [0, 0.05) is 22.9 Å². The van der Waals surface area contributed by atoms with Crippen molar-refractivity contribution in [2.45, 2.75) is 0 Å². The first-order chi connectivity index (χ1) is 13.5. The van der Waals surface area contributed by atoms with Gasteiger partial charge >= 0.3 is 11.3 Å². The van der Waals surface area contributed by atoms with Crippen LogP contribution >= 0.6 is 0 Å². The van der Waals surface area contributed by atoms with Gasteiger partial charge in [0.05, 0.1) is 14.2 Å². The smallest absolute Gasteiger partial charge is 0.347 e. The fourth-order valence-corrected chi connectivity index (χ4v) is 2.90. The Kier molecular flexibility index (Phi) is 4.19. The first-order valence-corrected chi connectivity index (χ1v) is 8.28. The fraction of sp³-hybridized carbons (Fsp3) is 0.0952. The lowest BCUT2D eigenvalue weighted by Gasteiger charge is -2.05. The van der Waals surface area contributed by atoms with E-state index in [9.17, 15) is 14.4 Å². The number of hydrogen-bond acceptors (Lipinski definition) is 7. The third-order valence-corrected chi connectivity index (χ3v) is 4.38. The standard InChI is InChI=1S/C21H14O7/c1-25-13-5-3-11-7-15(20(23)27-17(11)9-13)19(22)16-8-12-4-6-14(26-2)10-18(12)28-21(16)24/h3-10H,1-2H3. The second-order valence-electron chi connectivity index (χ2n) is 6.03. The van der Waals surface area contributed by atoms with Crippen molar-refractivity contribution in [3.8, 4) is 11.5 Å². The second kappa shape index (κ2) is 6.70. The molecule has 0 atom stereocenters. The van der Waals surface area contributed by atoms with E-state index in [0.29, 0.717) is 22.3 Å². The zero-order valence-corrected chi connectivity index (χ0v) is 15.0. The van der Waals surface area contributed by atoms with Gasteiger partial charge in [0.2, 0.25) is 5.78 Å². The maximum atomic E-state index is 12.9. The molecule has 0 saturated heterocycles. The van der Waals surface area contributed by atoms with Crippen LogP contribution in [0.1, 0.15) is 15.9 Å². The molecule has 4 rings (SSSR count). The van der Waals surface area contributed by atoms with Crippen LogP contribution in [-0.4, -0.2) is 20.0 Å². The molecule has 0 saturated carbocycles. The first-order valence-electron chi connectivity index (χ1n) is 8.28. The summed E-state index contributed by atoms with van der Waals surface area (Å²) in [5, 5.41) is 1.05. The van der Waals surface area contributed by atoms with Gasteiger partial charge in [-0.25, -0.2) is 9.59 Å². The van der Waals surface area contributed by atoms with E-state index in [2.05, 4.69) is 0 Å². The van der Waals surface area contributed by atoms with E-state index in [0.717, 1.165) is 0 Å². The van der Waals surface area contributed by atoms with Gasteiger partial charge in [-0.15, -0.1) is 0 Å². The van der Waals surface area contributed by atoms with E-state index in [1.54, 1.807) is 36.4 Å². The fourth-order valence-electron chi connectivity index (χ4n) is 2.90. The zero-order chi connectivity index (χ0) is 19.8. The second-order valence-corrected chi connectivity index (χ2v) is 6.03. The highest BCUT2D eigenvalue weighted by Crippen LogP contribution is 2.23. The Morgan fingerprint density at radius 1 is 0.714 bits per heavy atom. The van der Waals surface area contributed by atoms with Crippen molar-refractivity contribution in [1.29, 1.82) is 0 Å². The highest BCUT2D eigenvalue weighted by atomic mass is 16.5. The third-order valence-electron chi connectivity index (χ3n) is 4.38. The predicted octanol–water partition coefficient (Wildman–Crippen LogP) is 3.15. The average molecular weight is 378 g/mol. The summed E-state index contributed by atoms with van der Waals surface area (Å²) in [6, 6.07) is 12.5. The Morgan fingerprint density at radius 3 is 1.54 bits per heavy atom. The Morgan fingerprint density at radius 2 is 1.14 bits per heavy atom. The number of carbonyl (C=O) groups excluding carboxylic acids is 1. The van der Waals surface area contributed by atoms with Crippen LogP contribution in [0.25, 0.3) is 21.9 Å². The Labute approximate surface area is 157 Å². The summed E-state index contributed by atoms with van der Waals surface area (Å²) in [6.45, 7) is 0. The average Bonchev–Trinajstić information content (AvgIpc) is 2.71. The zero-order valence-electron chi connectivity index (χ0n) is 15.0. The highest BCUT2D eigenvalue weighted by molar-refractivity contribution is 6.10. The lowest BCUT2D eigenvalue weighted by Crippen LogP contribution is -2.20. The van der Waals surface area contributed by atoms with E-state index in [1.165, 1.54) is 26.4 Å². The van der Waals surface area contributed by atoms with Crippen LogP contribution in [0.15, 0.2) is 67.0 Å². The molecular weight excluding hydrogens is 364 g/mol. The van der Waals surface area contributed by atoms with Crippen LogP contribution in [0.4, 0.5) is 0 Å². The van der Waals surface area contributed by atoms with Crippen molar-refractivity contribution in [2.75, 3.05) is 14.2 Å². The molecule has 2 aromatic carbocycles. The third kappa shape index (κ3) is 2.92. The van der Waals surface area contributed by atoms with Gasteiger partial charge in [-0.05, 0) is 36.4 Å². The normalized spacial score (nSPS) is 10.9. The summed E-state index contributed by atoms with van der Waals surface area (Å²) in [7, 11) is 2.98. The number of benzene rings is 2. The minimum atomic E-state index is -0.847. The number of ether oxygens (including phenoxy) is 2. The summed E-state index contributed by atoms with van der Waals surface area (Å²) in [6.07, 6.45) is 0. The molecule has 4 aromatic rings. The lowest BCUT2D eigenvalue weighted by molar-refractivity contribution is 0.103. The number of rotatable bonds is 4. The maximum absolute atomic E-state index is 12.9. The molecule has 0 bridgehead atoms. The number of carbonyl (C=O) groups is 1. The molecule has 0 aliphatic carbocycles. The molecule has 0 fully saturated rings. The predicted molar refractivity (Wildman–Crippen MR) is 102 cm³/mol. The number of methoxy groups -OCH3 is 2. The molecule has 2 aromatic heterocycles. The van der Waals surface area contributed by atoms with Gasteiger partial charge in [-0.2, -0.15) is 0 Å². The number of hydrogen-bond donors (Lipinski definition) is 0. The molecule has 140 valence electrons. The Bertz CT molecular complexity index is 1240. The van der Waals surface area contributed by atoms with Crippen LogP contribution in [-0.2, 0) is 0 Å². The van der Waals surface area contributed by atoms with E-state index >= 15 is 0 Å². The van der Waals surface area contributed by atoms with Gasteiger partial charge in [-0.1, -0.05) is 0 Å². The Hall–Kier alpha value is -3.87. The molecule has 7 nitrogen and oxygen atoms in total. The van der Waals surface area contributed by atoms with E-state index in [1.807, 2.05) is 0 Å². The first kappa shape index (κ1) is 17.5. The van der Waals surface area contributed by atoms with E-state index < -0.39 is 17.0 Å². The Balaban J connectivity index is 1.85. The lowest BCUT2D eigenvalue weighted by atomic mass is 10.0. The highest BCUT2D eigenvalue weighted by Gasteiger charge is 2.21. The van der Waals surface area contributed by atoms with Crippen LogP contribution in [0.5, 0.6) is 11.5 Å². The van der Waals surface area contributed by atoms with Crippen molar-refractivity contribution in [2.24, 2.45) is 0 Å².